The summed E-state index contributed by atoms with van der Waals surface area (Å²) >= 11 is 0. The third kappa shape index (κ3) is 3.11. The molecule has 2 rings (SSSR count). The van der Waals surface area contributed by atoms with E-state index in [9.17, 15) is 0 Å². The van der Waals surface area contributed by atoms with E-state index < -0.39 is 0 Å². The second-order valence-corrected chi connectivity index (χ2v) is 4.61. The Morgan fingerprint density at radius 2 is 1.67 bits per heavy atom. The molecule has 0 aliphatic carbocycles. The summed E-state index contributed by atoms with van der Waals surface area (Å²) in [6.07, 6.45) is 0. The fourth-order valence-corrected chi connectivity index (χ4v) is 2.38. The van der Waals surface area contributed by atoms with Gasteiger partial charge >= 0.3 is 0 Å². The van der Waals surface area contributed by atoms with Crippen molar-refractivity contribution in [2.24, 2.45) is 0 Å². The van der Waals surface area contributed by atoms with E-state index in [0.717, 1.165) is 17.7 Å². The van der Waals surface area contributed by atoms with Gasteiger partial charge in [-0.1, -0.05) is 18.2 Å². The van der Waals surface area contributed by atoms with Crippen LogP contribution in [-0.2, 0) is 6.54 Å². The summed E-state index contributed by atoms with van der Waals surface area (Å²) in [5.74, 6) is 1.94. The lowest BCUT2D eigenvalue weighted by Gasteiger charge is -2.16. The lowest BCUT2D eigenvalue weighted by Crippen LogP contribution is -2.04. The van der Waals surface area contributed by atoms with Gasteiger partial charge in [-0.25, -0.2) is 0 Å². The molecule has 1 N–H and O–H groups in total. The van der Waals surface area contributed by atoms with Crippen LogP contribution in [0.1, 0.15) is 5.56 Å². The lowest BCUT2D eigenvalue weighted by atomic mass is 10.0. The van der Waals surface area contributed by atoms with E-state index in [-0.39, 0.29) is 0 Å². The molecule has 2 aromatic rings. The predicted octanol–water partition coefficient (Wildman–Crippen LogP) is 3.10. The van der Waals surface area contributed by atoms with E-state index in [1.165, 1.54) is 5.56 Å². The largest absolute Gasteiger partial charge is 0.493 e. The zero-order valence-corrected chi connectivity index (χ0v) is 12.9. The van der Waals surface area contributed by atoms with Crippen LogP contribution >= 0.6 is 0 Å². The second kappa shape index (κ2) is 6.99. The van der Waals surface area contributed by atoms with Crippen molar-refractivity contribution in [1.29, 1.82) is 0 Å². The van der Waals surface area contributed by atoms with Crippen LogP contribution in [0, 0.1) is 0 Å². The number of methoxy groups -OCH3 is 3. The molecule has 0 aliphatic rings. The highest BCUT2D eigenvalue weighted by Crippen LogP contribution is 2.44. The van der Waals surface area contributed by atoms with Crippen LogP contribution in [0.15, 0.2) is 36.4 Å². The molecule has 0 unspecified atom stereocenters. The van der Waals surface area contributed by atoms with Gasteiger partial charge in [-0.15, -0.1) is 0 Å². The molecule has 0 heterocycles. The first kappa shape index (κ1) is 15.2. The molecule has 0 fully saturated rings. The number of benzene rings is 2. The first-order chi connectivity index (χ1) is 10.2. The highest BCUT2D eigenvalue weighted by Gasteiger charge is 2.16. The number of rotatable bonds is 6. The van der Waals surface area contributed by atoms with Gasteiger partial charge in [0.15, 0.2) is 11.5 Å². The Morgan fingerprint density at radius 1 is 0.905 bits per heavy atom. The van der Waals surface area contributed by atoms with E-state index in [1.54, 1.807) is 21.3 Å². The summed E-state index contributed by atoms with van der Waals surface area (Å²) in [5.41, 5.74) is 3.28. The second-order valence-electron chi connectivity index (χ2n) is 4.61. The van der Waals surface area contributed by atoms with Crippen LogP contribution < -0.4 is 19.5 Å². The standard InChI is InChI=1S/C17H21NO3/c1-18-11-12-6-5-7-13(10-12)14-8-9-15(19-2)17(21-4)16(14)20-3/h5-10,18H,11H2,1-4H3. The normalized spacial score (nSPS) is 10.3. The Labute approximate surface area is 125 Å². The predicted molar refractivity (Wildman–Crippen MR) is 84.3 cm³/mol. The quantitative estimate of drug-likeness (QED) is 0.886. The molecule has 0 aliphatic heterocycles. The maximum Gasteiger partial charge on any atom is 0.203 e. The van der Waals surface area contributed by atoms with E-state index >= 15 is 0 Å². The average molecular weight is 287 g/mol. The third-order valence-corrected chi connectivity index (χ3v) is 3.32. The van der Waals surface area contributed by atoms with Crippen LogP contribution in [0.4, 0.5) is 0 Å². The summed E-state index contributed by atoms with van der Waals surface area (Å²) in [5, 5.41) is 3.16. The lowest BCUT2D eigenvalue weighted by molar-refractivity contribution is 0.325. The number of nitrogens with one attached hydrogen (secondary N) is 1. The summed E-state index contributed by atoms with van der Waals surface area (Å²) in [7, 11) is 6.80. The molecule has 4 heteroatoms. The molecule has 0 spiro atoms. The van der Waals surface area contributed by atoms with Gasteiger partial charge in [0, 0.05) is 12.1 Å². The molecule has 2 aromatic carbocycles. The molecular formula is C17H21NO3. The van der Waals surface area contributed by atoms with Gasteiger partial charge in [-0.3, -0.25) is 0 Å². The molecule has 0 amide bonds. The van der Waals surface area contributed by atoms with Gasteiger partial charge in [0.1, 0.15) is 0 Å². The van der Waals surface area contributed by atoms with Crippen LogP contribution in [0.3, 0.4) is 0 Å². The van der Waals surface area contributed by atoms with E-state index in [4.69, 9.17) is 14.2 Å². The Morgan fingerprint density at radius 3 is 2.29 bits per heavy atom. The monoisotopic (exact) mass is 287 g/mol. The zero-order chi connectivity index (χ0) is 15.2. The van der Waals surface area contributed by atoms with Crippen molar-refractivity contribution in [3.8, 4) is 28.4 Å². The molecule has 0 atom stereocenters. The summed E-state index contributed by atoms with van der Waals surface area (Å²) in [4.78, 5) is 0. The molecule has 0 radical (unpaired) electrons. The van der Waals surface area contributed by atoms with Gasteiger partial charge in [0.05, 0.1) is 21.3 Å². The first-order valence-corrected chi connectivity index (χ1v) is 6.78. The zero-order valence-electron chi connectivity index (χ0n) is 12.9. The van der Waals surface area contributed by atoms with Crippen molar-refractivity contribution >= 4 is 0 Å². The molecule has 4 nitrogen and oxygen atoms in total. The van der Waals surface area contributed by atoms with Gasteiger partial charge in [-0.2, -0.15) is 0 Å². The minimum absolute atomic E-state index is 0.608. The Balaban J connectivity index is 2.55. The van der Waals surface area contributed by atoms with Crippen molar-refractivity contribution in [1.82, 2.24) is 5.32 Å². The molecule has 0 saturated carbocycles. The van der Waals surface area contributed by atoms with Gasteiger partial charge in [0.2, 0.25) is 5.75 Å². The van der Waals surface area contributed by atoms with Gasteiger partial charge in [0.25, 0.3) is 0 Å². The van der Waals surface area contributed by atoms with Crippen molar-refractivity contribution in [3.05, 3.63) is 42.0 Å². The Bertz CT molecular complexity index is 611. The van der Waals surface area contributed by atoms with Crippen molar-refractivity contribution < 1.29 is 14.2 Å². The molecule has 0 aromatic heterocycles. The van der Waals surface area contributed by atoms with Crippen LogP contribution in [0.2, 0.25) is 0 Å². The number of hydrogen-bond donors (Lipinski definition) is 1. The maximum atomic E-state index is 5.54. The fourth-order valence-electron chi connectivity index (χ4n) is 2.38. The minimum Gasteiger partial charge on any atom is -0.493 e. The highest BCUT2D eigenvalue weighted by atomic mass is 16.5. The van der Waals surface area contributed by atoms with Crippen LogP contribution in [0.5, 0.6) is 17.2 Å². The molecule has 0 bridgehead atoms. The minimum atomic E-state index is 0.608. The Kier molecular flexibility index (Phi) is 5.06. The van der Waals surface area contributed by atoms with Crippen molar-refractivity contribution in [3.63, 3.8) is 0 Å². The summed E-state index contributed by atoms with van der Waals surface area (Å²) < 4.78 is 16.3. The highest BCUT2D eigenvalue weighted by molar-refractivity contribution is 5.76. The summed E-state index contributed by atoms with van der Waals surface area (Å²) in [6.45, 7) is 0.823. The molecule has 0 saturated heterocycles. The average Bonchev–Trinajstić information content (AvgIpc) is 2.53. The third-order valence-electron chi connectivity index (χ3n) is 3.32. The fraction of sp³-hybridized carbons (Fsp3) is 0.294. The maximum absolute atomic E-state index is 5.54. The smallest absolute Gasteiger partial charge is 0.203 e. The first-order valence-electron chi connectivity index (χ1n) is 6.78. The SMILES string of the molecule is CNCc1cccc(-c2ccc(OC)c(OC)c2OC)c1. The van der Waals surface area contributed by atoms with Crippen LogP contribution in [-0.4, -0.2) is 28.4 Å². The van der Waals surface area contributed by atoms with E-state index in [1.807, 2.05) is 25.2 Å². The van der Waals surface area contributed by atoms with E-state index in [2.05, 4.69) is 23.5 Å². The molecule has 112 valence electrons. The topological polar surface area (TPSA) is 39.7 Å². The molecule has 21 heavy (non-hydrogen) atoms. The van der Waals surface area contributed by atoms with E-state index in [0.29, 0.717) is 17.2 Å². The van der Waals surface area contributed by atoms with Crippen molar-refractivity contribution in [2.75, 3.05) is 28.4 Å². The number of ether oxygens (including phenoxy) is 3. The van der Waals surface area contributed by atoms with Crippen LogP contribution in [0.25, 0.3) is 11.1 Å². The molecular weight excluding hydrogens is 266 g/mol. The summed E-state index contributed by atoms with van der Waals surface area (Å²) in [6, 6.07) is 12.2. The van der Waals surface area contributed by atoms with Gasteiger partial charge in [-0.05, 0) is 36.4 Å². The van der Waals surface area contributed by atoms with Crippen molar-refractivity contribution in [2.45, 2.75) is 6.54 Å². The number of hydrogen-bond acceptors (Lipinski definition) is 4. The Hall–Kier alpha value is -2.20. The van der Waals surface area contributed by atoms with Gasteiger partial charge < -0.3 is 19.5 Å².